The molecule has 2 heteroatoms. The molecule has 3 aromatic rings. The first-order valence-corrected chi connectivity index (χ1v) is 7.18. The second kappa shape index (κ2) is 4.88. The van der Waals surface area contributed by atoms with Crippen molar-refractivity contribution in [1.29, 1.82) is 0 Å². The number of aromatic nitrogens is 1. The lowest BCUT2D eigenvalue weighted by Crippen LogP contribution is -2.11. The first-order valence-electron chi connectivity index (χ1n) is 7.18. The maximum Gasteiger partial charge on any atom is 0.256 e. The molecule has 0 saturated carbocycles. The van der Waals surface area contributed by atoms with Gasteiger partial charge in [-0.1, -0.05) is 63.2 Å². The quantitative estimate of drug-likeness (QED) is 0.698. The molecular weight excluding hydrogens is 258 g/mol. The molecule has 21 heavy (non-hydrogen) atoms. The summed E-state index contributed by atoms with van der Waals surface area (Å²) in [5.41, 5.74) is 3.28. The molecule has 2 aromatic carbocycles. The highest BCUT2D eigenvalue weighted by Crippen LogP contribution is 2.26. The lowest BCUT2D eigenvalue weighted by molar-refractivity contribution is 0.590. The van der Waals surface area contributed by atoms with E-state index in [9.17, 15) is 4.79 Å². The molecule has 0 spiro atoms. The van der Waals surface area contributed by atoms with Crippen LogP contribution in [0.15, 0.2) is 59.4 Å². The Balaban J connectivity index is 2.10. The Bertz CT molecular complexity index is 836. The van der Waals surface area contributed by atoms with Crippen molar-refractivity contribution in [1.82, 2.24) is 4.98 Å². The van der Waals surface area contributed by atoms with Crippen molar-refractivity contribution < 1.29 is 0 Å². The summed E-state index contributed by atoms with van der Waals surface area (Å²) in [5, 5.41) is 1.70. The molecule has 3 rings (SSSR count). The number of benzene rings is 2. The topological polar surface area (TPSA) is 32.9 Å². The van der Waals surface area contributed by atoms with Gasteiger partial charge < -0.3 is 4.98 Å². The summed E-state index contributed by atoms with van der Waals surface area (Å²) in [6.45, 7) is 6.58. The van der Waals surface area contributed by atoms with Gasteiger partial charge in [0.15, 0.2) is 0 Å². The van der Waals surface area contributed by atoms with E-state index in [1.165, 1.54) is 5.56 Å². The fourth-order valence-corrected chi connectivity index (χ4v) is 2.52. The summed E-state index contributed by atoms with van der Waals surface area (Å²) in [6.07, 6.45) is 0. The number of hydrogen-bond donors (Lipinski definition) is 1. The second-order valence-corrected chi connectivity index (χ2v) is 6.43. The largest absolute Gasteiger partial charge is 0.321 e. The molecule has 0 atom stereocenters. The number of pyridine rings is 1. The van der Waals surface area contributed by atoms with Gasteiger partial charge in [-0.3, -0.25) is 4.79 Å². The molecule has 0 fully saturated rings. The first kappa shape index (κ1) is 13.6. The molecule has 1 N–H and O–H groups in total. The number of aromatic amines is 1. The minimum Gasteiger partial charge on any atom is -0.321 e. The SMILES string of the molecule is CC(C)(C)c1ccc(-c2cc3ccccc3c(=O)[nH]2)cc1. The minimum absolute atomic E-state index is 0.0389. The second-order valence-electron chi connectivity index (χ2n) is 6.43. The number of hydrogen-bond acceptors (Lipinski definition) is 1. The fourth-order valence-electron chi connectivity index (χ4n) is 2.52. The Morgan fingerprint density at radius 3 is 2.24 bits per heavy atom. The molecule has 0 unspecified atom stereocenters. The van der Waals surface area contributed by atoms with Crippen molar-refractivity contribution in [3.05, 3.63) is 70.5 Å². The van der Waals surface area contributed by atoms with Crippen molar-refractivity contribution in [3.8, 4) is 11.3 Å². The molecule has 0 saturated heterocycles. The van der Waals surface area contributed by atoms with E-state index in [-0.39, 0.29) is 11.0 Å². The molecule has 1 aromatic heterocycles. The van der Waals surface area contributed by atoms with E-state index in [2.05, 4.69) is 50.0 Å². The summed E-state index contributed by atoms with van der Waals surface area (Å²) < 4.78 is 0. The van der Waals surface area contributed by atoms with Gasteiger partial charge in [-0.15, -0.1) is 0 Å². The Hall–Kier alpha value is -2.35. The van der Waals surface area contributed by atoms with Crippen molar-refractivity contribution in [2.24, 2.45) is 0 Å². The van der Waals surface area contributed by atoms with Crippen LogP contribution in [-0.4, -0.2) is 4.98 Å². The van der Waals surface area contributed by atoms with E-state index in [1.54, 1.807) is 0 Å². The molecule has 106 valence electrons. The third-order valence-electron chi connectivity index (χ3n) is 3.82. The van der Waals surface area contributed by atoms with Crippen LogP contribution in [0.4, 0.5) is 0 Å². The first-order chi connectivity index (χ1) is 9.95. The van der Waals surface area contributed by atoms with Crippen LogP contribution in [0.1, 0.15) is 26.3 Å². The average Bonchev–Trinajstić information content (AvgIpc) is 2.46. The Morgan fingerprint density at radius 1 is 0.905 bits per heavy atom. The zero-order chi connectivity index (χ0) is 15.0. The highest BCUT2D eigenvalue weighted by molar-refractivity contribution is 5.84. The lowest BCUT2D eigenvalue weighted by Gasteiger charge is -2.19. The van der Waals surface area contributed by atoms with Crippen molar-refractivity contribution in [2.45, 2.75) is 26.2 Å². The zero-order valence-corrected chi connectivity index (χ0v) is 12.6. The predicted octanol–water partition coefficient (Wildman–Crippen LogP) is 4.49. The van der Waals surface area contributed by atoms with E-state index < -0.39 is 0 Å². The summed E-state index contributed by atoms with van der Waals surface area (Å²) in [5.74, 6) is 0. The summed E-state index contributed by atoms with van der Waals surface area (Å²) >= 11 is 0. The molecule has 0 aliphatic rings. The third kappa shape index (κ3) is 2.62. The van der Waals surface area contributed by atoms with Gasteiger partial charge in [-0.2, -0.15) is 0 Å². The normalized spacial score (nSPS) is 11.8. The molecule has 1 heterocycles. The summed E-state index contributed by atoms with van der Waals surface area (Å²) in [4.78, 5) is 15.1. The minimum atomic E-state index is -0.0389. The van der Waals surface area contributed by atoms with Gasteiger partial charge in [0.2, 0.25) is 0 Å². The number of H-pyrrole nitrogens is 1. The maximum atomic E-state index is 12.1. The van der Waals surface area contributed by atoms with E-state index >= 15 is 0 Å². The number of fused-ring (bicyclic) bond motifs is 1. The molecule has 0 amide bonds. The Kier molecular flexibility index (Phi) is 3.17. The molecule has 0 bridgehead atoms. The van der Waals surface area contributed by atoms with Crippen LogP contribution in [0.2, 0.25) is 0 Å². The molecule has 2 nitrogen and oxygen atoms in total. The Labute approximate surface area is 124 Å². The van der Waals surface area contributed by atoms with Gasteiger partial charge in [-0.05, 0) is 34.1 Å². The highest BCUT2D eigenvalue weighted by atomic mass is 16.1. The summed E-state index contributed by atoms with van der Waals surface area (Å²) in [7, 11) is 0. The smallest absolute Gasteiger partial charge is 0.256 e. The number of nitrogens with one attached hydrogen (secondary N) is 1. The van der Waals surface area contributed by atoms with Crippen LogP contribution in [0.25, 0.3) is 22.0 Å². The van der Waals surface area contributed by atoms with Crippen molar-refractivity contribution >= 4 is 10.8 Å². The third-order valence-corrected chi connectivity index (χ3v) is 3.82. The molecule has 0 aliphatic carbocycles. The van der Waals surface area contributed by atoms with E-state index in [0.717, 1.165) is 22.0 Å². The van der Waals surface area contributed by atoms with E-state index in [4.69, 9.17) is 0 Å². The maximum absolute atomic E-state index is 12.1. The van der Waals surface area contributed by atoms with Crippen LogP contribution in [0.3, 0.4) is 0 Å². The van der Waals surface area contributed by atoms with Gasteiger partial charge in [-0.25, -0.2) is 0 Å². The molecular formula is C19H19NO. The zero-order valence-electron chi connectivity index (χ0n) is 12.6. The van der Waals surface area contributed by atoms with Crippen LogP contribution >= 0.6 is 0 Å². The van der Waals surface area contributed by atoms with E-state index in [0.29, 0.717) is 0 Å². The van der Waals surface area contributed by atoms with Crippen LogP contribution in [0.5, 0.6) is 0 Å². The van der Waals surface area contributed by atoms with Gasteiger partial charge in [0, 0.05) is 11.1 Å². The standard InChI is InChI=1S/C19H19NO/c1-19(2,3)15-10-8-13(9-11-15)17-12-14-6-4-5-7-16(14)18(21)20-17/h4-12H,1-3H3,(H,20,21). The van der Waals surface area contributed by atoms with Crippen molar-refractivity contribution in [2.75, 3.05) is 0 Å². The molecule has 0 radical (unpaired) electrons. The van der Waals surface area contributed by atoms with E-state index in [1.807, 2.05) is 30.3 Å². The van der Waals surface area contributed by atoms with Crippen LogP contribution < -0.4 is 5.56 Å². The van der Waals surface area contributed by atoms with Gasteiger partial charge in [0.05, 0.1) is 0 Å². The fraction of sp³-hybridized carbons (Fsp3) is 0.211. The monoisotopic (exact) mass is 277 g/mol. The summed E-state index contributed by atoms with van der Waals surface area (Å²) in [6, 6.07) is 18.1. The van der Waals surface area contributed by atoms with Gasteiger partial charge in [0.25, 0.3) is 5.56 Å². The van der Waals surface area contributed by atoms with Crippen LogP contribution in [-0.2, 0) is 5.41 Å². The average molecular weight is 277 g/mol. The Morgan fingerprint density at radius 2 is 1.57 bits per heavy atom. The predicted molar refractivity (Wildman–Crippen MR) is 88.7 cm³/mol. The lowest BCUT2D eigenvalue weighted by atomic mass is 9.86. The number of rotatable bonds is 1. The van der Waals surface area contributed by atoms with Gasteiger partial charge >= 0.3 is 0 Å². The van der Waals surface area contributed by atoms with Gasteiger partial charge in [0.1, 0.15) is 0 Å². The van der Waals surface area contributed by atoms with Crippen LogP contribution in [0, 0.1) is 0 Å². The molecule has 0 aliphatic heterocycles. The van der Waals surface area contributed by atoms with Crippen molar-refractivity contribution in [3.63, 3.8) is 0 Å². The highest BCUT2D eigenvalue weighted by Gasteiger charge is 2.13.